The van der Waals surface area contributed by atoms with Crippen LogP contribution in [-0.4, -0.2) is 81.3 Å². The van der Waals surface area contributed by atoms with Gasteiger partial charge in [-0.3, -0.25) is 4.79 Å². The van der Waals surface area contributed by atoms with Crippen LogP contribution in [0.15, 0.2) is 11.6 Å². The van der Waals surface area contributed by atoms with Crippen LogP contribution < -0.4 is 0 Å². The minimum Gasteiger partial charge on any atom is -0.392 e. The largest absolute Gasteiger partial charge is 0.392 e. The Kier molecular flexibility index (Phi) is 6.56. The molecule has 0 bridgehead atoms. The van der Waals surface area contributed by atoms with E-state index in [0.29, 0.717) is 25.7 Å². The van der Waals surface area contributed by atoms with Gasteiger partial charge in [0.05, 0.1) is 35.4 Å². The van der Waals surface area contributed by atoms with Gasteiger partial charge in [0, 0.05) is 13.5 Å². The van der Waals surface area contributed by atoms with Crippen molar-refractivity contribution in [3.05, 3.63) is 11.6 Å². The highest BCUT2D eigenvalue weighted by atomic mass is 16.7. The molecule has 0 unspecified atom stereocenters. The van der Waals surface area contributed by atoms with Gasteiger partial charge in [0.25, 0.3) is 0 Å². The lowest BCUT2D eigenvalue weighted by molar-refractivity contribution is -0.268. The van der Waals surface area contributed by atoms with Gasteiger partial charge in [0.15, 0.2) is 12.1 Å². The fraction of sp³-hybridized carbons (Fsp3) is 0.893. The number of ether oxygens (including phenoxy) is 3. The molecule has 12 atom stereocenters. The van der Waals surface area contributed by atoms with E-state index < -0.39 is 35.1 Å². The summed E-state index contributed by atoms with van der Waals surface area (Å²) in [5, 5.41) is 45.2. The van der Waals surface area contributed by atoms with E-state index in [1.165, 1.54) is 12.5 Å². The first kappa shape index (κ1) is 26.7. The maximum Gasteiger partial charge on any atom is 0.162 e. The third-order valence-corrected chi connectivity index (χ3v) is 11.4. The van der Waals surface area contributed by atoms with Crippen molar-refractivity contribution in [2.45, 2.75) is 127 Å². The van der Waals surface area contributed by atoms with Gasteiger partial charge in [-0.1, -0.05) is 25.5 Å². The Hall–Kier alpha value is -0.870. The smallest absolute Gasteiger partial charge is 0.162 e. The van der Waals surface area contributed by atoms with Crippen LogP contribution in [0.3, 0.4) is 0 Å². The normalized spacial score (nSPS) is 54.8. The van der Waals surface area contributed by atoms with E-state index >= 15 is 0 Å². The molecule has 36 heavy (non-hydrogen) atoms. The number of carbonyl (C=O) groups excluding carboxylic acids is 1. The molecule has 1 heterocycles. The van der Waals surface area contributed by atoms with E-state index in [4.69, 9.17) is 14.2 Å². The zero-order valence-corrected chi connectivity index (χ0v) is 22.3. The third-order valence-electron chi connectivity index (χ3n) is 11.4. The summed E-state index contributed by atoms with van der Waals surface area (Å²) in [7, 11) is 1.59. The molecule has 0 spiro atoms. The average molecular weight is 509 g/mol. The van der Waals surface area contributed by atoms with Gasteiger partial charge < -0.3 is 34.6 Å². The number of fused-ring (bicyclic) bond motifs is 5. The van der Waals surface area contributed by atoms with Gasteiger partial charge in [-0.2, -0.15) is 0 Å². The molecule has 0 aromatic rings. The molecule has 4 fully saturated rings. The van der Waals surface area contributed by atoms with Gasteiger partial charge in [0.1, 0.15) is 11.7 Å². The molecule has 8 heteroatoms. The van der Waals surface area contributed by atoms with Crippen molar-refractivity contribution in [3.8, 4) is 0 Å². The summed E-state index contributed by atoms with van der Waals surface area (Å²) in [5.74, 6) is -0.450. The van der Waals surface area contributed by atoms with E-state index in [1.54, 1.807) is 14.0 Å². The van der Waals surface area contributed by atoms with Gasteiger partial charge in [-0.05, 0) is 76.0 Å². The highest BCUT2D eigenvalue weighted by molar-refractivity contribution is 5.86. The van der Waals surface area contributed by atoms with Gasteiger partial charge in [-0.15, -0.1) is 0 Å². The number of allylic oxidation sites excluding steroid dienone is 1. The maximum absolute atomic E-state index is 12.5. The van der Waals surface area contributed by atoms with E-state index in [0.717, 1.165) is 19.3 Å². The molecule has 1 saturated heterocycles. The Morgan fingerprint density at radius 2 is 1.83 bits per heavy atom. The number of ketones is 1. The van der Waals surface area contributed by atoms with Crippen LogP contribution in [0.2, 0.25) is 0 Å². The molecule has 8 nitrogen and oxygen atoms in total. The molecule has 5 rings (SSSR count). The number of hydrogen-bond acceptors (Lipinski definition) is 8. The van der Waals surface area contributed by atoms with Crippen molar-refractivity contribution in [1.29, 1.82) is 0 Å². The minimum atomic E-state index is -1.71. The van der Waals surface area contributed by atoms with Crippen LogP contribution in [0.4, 0.5) is 0 Å². The highest BCUT2D eigenvalue weighted by Crippen LogP contribution is 2.69. The highest BCUT2D eigenvalue weighted by Gasteiger charge is 2.75. The Morgan fingerprint density at radius 3 is 2.50 bits per heavy atom. The number of aliphatic hydroxyl groups is 4. The SMILES string of the molecule is CO[C@H]1C[C@H](O[C@H]2CC[C@@]3(C)C(=CC[C@H]4[C@@H]3C[C@@H](O)[C@]3(C)[C@](O)(C(C)=O)CC[C@]43O)C2)O[C@H](C)[C@H]1O. The summed E-state index contributed by atoms with van der Waals surface area (Å²) in [6.07, 6.45) is 4.00. The number of Topliss-reactive ketones (excluding diaryl/α,β-unsaturated/α-hetero) is 1. The molecule has 5 aliphatic rings. The van der Waals surface area contributed by atoms with E-state index in [2.05, 4.69) is 13.0 Å². The lowest BCUT2D eigenvalue weighted by Gasteiger charge is -2.63. The molecule has 0 aromatic carbocycles. The van der Waals surface area contributed by atoms with Crippen molar-refractivity contribution in [2.24, 2.45) is 22.7 Å². The third kappa shape index (κ3) is 3.48. The lowest BCUT2D eigenvalue weighted by atomic mass is 9.44. The maximum atomic E-state index is 12.5. The molecular formula is C28H44O8. The number of carbonyl (C=O) groups is 1. The average Bonchev–Trinajstić information content (AvgIpc) is 3.06. The monoisotopic (exact) mass is 508 g/mol. The molecule has 0 aromatic heterocycles. The molecule has 1 aliphatic heterocycles. The number of hydrogen-bond donors (Lipinski definition) is 4. The van der Waals surface area contributed by atoms with Crippen molar-refractivity contribution < 1.29 is 39.4 Å². The van der Waals surface area contributed by atoms with Crippen molar-refractivity contribution in [1.82, 2.24) is 0 Å². The summed E-state index contributed by atoms with van der Waals surface area (Å²) >= 11 is 0. The Balaban J connectivity index is 1.36. The fourth-order valence-corrected chi connectivity index (χ4v) is 8.83. The second-order valence-corrected chi connectivity index (χ2v) is 12.7. The van der Waals surface area contributed by atoms with Crippen LogP contribution in [0.1, 0.15) is 79.1 Å². The van der Waals surface area contributed by atoms with Crippen LogP contribution >= 0.6 is 0 Å². The first-order valence-electron chi connectivity index (χ1n) is 13.7. The van der Waals surface area contributed by atoms with E-state index in [1.807, 2.05) is 6.92 Å². The molecule has 204 valence electrons. The second kappa shape index (κ2) is 8.83. The van der Waals surface area contributed by atoms with Crippen molar-refractivity contribution in [3.63, 3.8) is 0 Å². The summed E-state index contributed by atoms with van der Waals surface area (Å²) in [5.41, 5.74) is -3.20. The van der Waals surface area contributed by atoms with Crippen LogP contribution in [0.25, 0.3) is 0 Å². The quantitative estimate of drug-likeness (QED) is 0.426. The second-order valence-electron chi connectivity index (χ2n) is 12.7. The Bertz CT molecular complexity index is 921. The summed E-state index contributed by atoms with van der Waals surface area (Å²) < 4.78 is 17.7. The Labute approximate surface area is 214 Å². The lowest BCUT2D eigenvalue weighted by Crippen LogP contribution is -2.70. The van der Waals surface area contributed by atoms with Crippen LogP contribution in [0, 0.1) is 22.7 Å². The minimum absolute atomic E-state index is 0.0121. The molecule has 4 aliphatic carbocycles. The zero-order chi connectivity index (χ0) is 26.3. The summed E-state index contributed by atoms with van der Waals surface area (Å²) in [6, 6.07) is 0. The van der Waals surface area contributed by atoms with Crippen LogP contribution in [-0.2, 0) is 19.0 Å². The number of methoxy groups -OCH3 is 1. The van der Waals surface area contributed by atoms with Crippen LogP contribution in [0.5, 0.6) is 0 Å². The molecular weight excluding hydrogens is 464 g/mol. The number of aliphatic hydroxyl groups excluding tert-OH is 2. The van der Waals surface area contributed by atoms with Gasteiger partial charge in [-0.25, -0.2) is 0 Å². The van der Waals surface area contributed by atoms with E-state index in [9.17, 15) is 25.2 Å². The first-order chi connectivity index (χ1) is 16.8. The summed E-state index contributed by atoms with van der Waals surface area (Å²) in [6.45, 7) is 7.15. The first-order valence-corrected chi connectivity index (χ1v) is 13.7. The number of rotatable bonds is 4. The predicted octanol–water partition coefficient (Wildman–Crippen LogP) is 2.25. The standard InChI is InChI=1S/C28H44O8/c1-15-24(31)21(34-5)14-23(35-15)36-18-8-9-25(3)17(12-18)6-7-19-20(25)13-22(30)26(4)27(32,16(2)29)10-11-28(19,26)33/h6,15,18-24,30-33H,7-14H2,1-5H3/t15-,18+,19+,20+,21+,22-,23+,24-,25+,26-,27-,28+/m1/s1. The topological polar surface area (TPSA) is 126 Å². The molecule has 3 saturated carbocycles. The molecule has 0 radical (unpaired) electrons. The Morgan fingerprint density at radius 1 is 1.11 bits per heavy atom. The van der Waals surface area contributed by atoms with Crippen molar-refractivity contribution in [2.75, 3.05) is 7.11 Å². The van der Waals surface area contributed by atoms with Gasteiger partial charge in [0.2, 0.25) is 0 Å². The van der Waals surface area contributed by atoms with Crippen molar-refractivity contribution >= 4 is 5.78 Å². The molecule has 4 N–H and O–H groups in total. The predicted molar refractivity (Wildman–Crippen MR) is 131 cm³/mol. The zero-order valence-electron chi connectivity index (χ0n) is 22.3. The molecule has 0 amide bonds. The van der Waals surface area contributed by atoms with Gasteiger partial charge >= 0.3 is 0 Å². The van der Waals surface area contributed by atoms with E-state index in [-0.39, 0.29) is 47.8 Å². The fourth-order valence-electron chi connectivity index (χ4n) is 8.83. The summed E-state index contributed by atoms with van der Waals surface area (Å²) in [4.78, 5) is 12.5.